The third kappa shape index (κ3) is 7.69. The summed E-state index contributed by atoms with van der Waals surface area (Å²) in [5, 5.41) is 24.9. The normalized spacial score (nSPS) is 11.7. The number of ether oxygens (including phenoxy) is 1. The van der Waals surface area contributed by atoms with Crippen molar-refractivity contribution in [3.8, 4) is 11.5 Å². The summed E-state index contributed by atoms with van der Waals surface area (Å²) in [5.41, 5.74) is 0.981. The highest BCUT2D eigenvalue weighted by molar-refractivity contribution is 5.78. The van der Waals surface area contributed by atoms with Gasteiger partial charge in [0.1, 0.15) is 24.2 Å². The maximum atomic E-state index is 11.8. The number of hydrogen-bond donors (Lipinski definition) is 4. The monoisotopic (exact) mass is 344 g/mol. The molecule has 134 valence electrons. The van der Waals surface area contributed by atoms with Gasteiger partial charge in [-0.1, -0.05) is 30.3 Å². The molecule has 0 spiro atoms. The lowest BCUT2D eigenvalue weighted by Crippen LogP contribution is -2.37. The first-order valence-electron chi connectivity index (χ1n) is 8.25. The molecule has 0 bridgehead atoms. The van der Waals surface area contributed by atoms with Crippen LogP contribution >= 0.6 is 0 Å². The van der Waals surface area contributed by atoms with Gasteiger partial charge in [-0.15, -0.1) is 0 Å². The summed E-state index contributed by atoms with van der Waals surface area (Å²) < 4.78 is 5.41. The summed E-state index contributed by atoms with van der Waals surface area (Å²) in [6.45, 7) is 1.58. The summed E-state index contributed by atoms with van der Waals surface area (Å²) >= 11 is 0. The van der Waals surface area contributed by atoms with Crippen molar-refractivity contribution in [2.75, 3.05) is 26.2 Å². The van der Waals surface area contributed by atoms with Crippen LogP contribution in [0.3, 0.4) is 0 Å². The molecule has 6 nitrogen and oxygen atoms in total. The molecule has 4 N–H and O–H groups in total. The van der Waals surface area contributed by atoms with E-state index in [0.29, 0.717) is 31.8 Å². The fourth-order valence-corrected chi connectivity index (χ4v) is 2.20. The molecule has 1 atom stereocenters. The zero-order valence-corrected chi connectivity index (χ0v) is 14.0. The fourth-order valence-electron chi connectivity index (χ4n) is 2.20. The van der Waals surface area contributed by atoms with E-state index in [4.69, 9.17) is 4.74 Å². The number of rotatable bonds is 10. The van der Waals surface area contributed by atoms with E-state index in [1.165, 1.54) is 12.1 Å². The smallest absolute Gasteiger partial charge is 0.224 e. The number of amides is 1. The lowest BCUT2D eigenvalue weighted by atomic mass is 10.1. The highest BCUT2D eigenvalue weighted by Gasteiger charge is 2.06. The van der Waals surface area contributed by atoms with Crippen LogP contribution < -0.4 is 15.4 Å². The van der Waals surface area contributed by atoms with Gasteiger partial charge >= 0.3 is 0 Å². The number of aromatic hydroxyl groups is 1. The Morgan fingerprint density at radius 1 is 1.04 bits per heavy atom. The third-order valence-corrected chi connectivity index (χ3v) is 3.49. The highest BCUT2D eigenvalue weighted by Crippen LogP contribution is 2.15. The summed E-state index contributed by atoms with van der Waals surface area (Å²) in [6.07, 6.45) is -0.293. The van der Waals surface area contributed by atoms with E-state index < -0.39 is 6.10 Å². The van der Waals surface area contributed by atoms with Crippen LogP contribution in [-0.2, 0) is 11.2 Å². The average molecular weight is 344 g/mol. The van der Waals surface area contributed by atoms with E-state index in [1.54, 1.807) is 12.1 Å². The molecule has 0 aromatic heterocycles. The van der Waals surface area contributed by atoms with Crippen LogP contribution in [0.25, 0.3) is 0 Å². The minimum Gasteiger partial charge on any atom is -0.508 e. The second-order valence-corrected chi connectivity index (χ2v) is 5.68. The number of hydrogen-bond acceptors (Lipinski definition) is 5. The van der Waals surface area contributed by atoms with E-state index in [9.17, 15) is 15.0 Å². The zero-order valence-electron chi connectivity index (χ0n) is 14.0. The van der Waals surface area contributed by atoms with Gasteiger partial charge in [0.05, 0.1) is 6.42 Å². The number of aliphatic hydroxyl groups is 1. The first-order chi connectivity index (χ1) is 12.1. The van der Waals surface area contributed by atoms with E-state index >= 15 is 0 Å². The Hall–Kier alpha value is -2.57. The quantitative estimate of drug-likeness (QED) is 0.484. The number of benzene rings is 2. The highest BCUT2D eigenvalue weighted by atomic mass is 16.5. The molecule has 2 rings (SSSR count). The van der Waals surface area contributed by atoms with Crippen molar-refractivity contribution in [1.82, 2.24) is 10.6 Å². The molecule has 6 heteroatoms. The van der Waals surface area contributed by atoms with Crippen molar-refractivity contribution in [3.63, 3.8) is 0 Å². The van der Waals surface area contributed by atoms with Gasteiger partial charge in [0.15, 0.2) is 0 Å². The number of aliphatic hydroxyl groups excluding tert-OH is 1. The van der Waals surface area contributed by atoms with Crippen molar-refractivity contribution in [2.45, 2.75) is 12.5 Å². The minimum atomic E-state index is -0.658. The van der Waals surface area contributed by atoms with Crippen LogP contribution in [0, 0.1) is 0 Å². The summed E-state index contributed by atoms with van der Waals surface area (Å²) in [4.78, 5) is 11.8. The van der Waals surface area contributed by atoms with E-state index in [0.717, 1.165) is 5.56 Å². The van der Waals surface area contributed by atoms with Gasteiger partial charge in [0, 0.05) is 19.6 Å². The maximum Gasteiger partial charge on any atom is 0.224 e. The van der Waals surface area contributed by atoms with Gasteiger partial charge in [-0.25, -0.2) is 0 Å². The van der Waals surface area contributed by atoms with E-state index in [2.05, 4.69) is 10.6 Å². The molecule has 1 unspecified atom stereocenters. The number of phenols is 1. The van der Waals surface area contributed by atoms with Crippen LogP contribution in [0.15, 0.2) is 54.6 Å². The molecule has 0 aliphatic rings. The van der Waals surface area contributed by atoms with Crippen molar-refractivity contribution in [3.05, 3.63) is 60.2 Å². The predicted octanol–water partition coefficient (Wildman–Crippen LogP) is 1.08. The van der Waals surface area contributed by atoms with Crippen LogP contribution in [0.5, 0.6) is 11.5 Å². The molecule has 25 heavy (non-hydrogen) atoms. The Morgan fingerprint density at radius 2 is 1.76 bits per heavy atom. The molecule has 2 aromatic carbocycles. The van der Waals surface area contributed by atoms with Gasteiger partial charge in [-0.3, -0.25) is 4.79 Å². The molecule has 0 aliphatic carbocycles. The Morgan fingerprint density at radius 3 is 2.48 bits per heavy atom. The minimum absolute atomic E-state index is 0.0239. The third-order valence-electron chi connectivity index (χ3n) is 3.49. The first-order valence-corrected chi connectivity index (χ1v) is 8.25. The van der Waals surface area contributed by atoms with Crippen molar-refractivity contribution >= 4 is 5.91 Å². The van der Waals surface area contributed by atoms with Gasteiger partial charge in [0.2, 0.25) is 5.91 Å². The number of carbonyl (C=O) groups excluding carboxylic acids is 1. The molecule has 0 aliphatic heterocycles. The zero-order chi connectivity index (χ0) is 17.9. The van der Waals surface area contributed by atoms with Crippen LogP contribution in [-0.4, -0.2) is 48.5 Å². The first kappa shape index (κ1) is 18.8. The van der Waals surface area contributed by atoms with Crippen LogP contribution in [0.2, 0.25) is 0 Å². The number of nitrogens with one attached hydrogen (secondary N) is 2. The lowest BCUT2D eigenvalue weighted by molar-refractivity contribution is -0.120. The Bertz CT molecular complexity index is 632. The van der Waals surface area contributed by atoms with Gasteiger partial charge < -0.3 is 25.6 Å². The summed E-state index contributed by atoms with van der Waals surface area (Å²) in [5.74, 6) is 0.734. The standard InChI is InChI=1S/C19H24N2O4/c22-16-6-8-18(9-7-16)25-14-17(23)13-20-10-11-21-19(24)12-15-4-2-1-3-5-15/h1-9,17,20,22-23H,10-14H2,(H,21,24). The maximum absolute atomic E-state index is 11.8. The number of carbonyl (C=O) groups is 1. The molecule has 0 saturated carbocycles. The molecule has 1 amide bonds. The van der Waals surface area contributed by atoms with Crippen LogP contribution in [0.4, 0.5) is 0 Å². The number of phenolic OH excluding ortho intramolecular Hbond substituents is 1. The summed E-state index contributed by atoms with van der Waals surface area (Å²) in [6, 6.07) is 15.9. The molecule has 0 fully saturated rings. The van der Waals surface area contributed by atoms with Gasteiger partial charge in [-0.05, 0) is 29.8 Å². The predicted molar refractivity (Wildman–Crippen MR) is 95.6 cm³/mol. The van der Waals surface area contributed by atoms with Gasteiger partial charge in [0.25, 0.3) is 0 Å². The van der Waals surface area contributed by atoms with E-state index in [-0.39, 0.29) is 18.3 Å². The fraction of sp³-hybridized carbons (Fsp3) is 0.316. The lowest BCUT2D eigenvalue weighted by Gasteiger charge is -2.13. The van der Waals surface area contributed by atoms with Crippen molar-refractivity contribution in [2.24, 2.45) is 0 Å². The second-order valence-electron chi connectivity index (χ2n) is 5.68. The van der Waals surface area contributed by atoms with Crippen molar-refractivity contribution in [1.29, 1.82) is 0 Å². The molecule has 2 aromatic rings. The van der Waals surface area contributed by atoms with Crippen LogP contribution in [0.1, 0.15) is 5.56 Å². The SMILES string of the molecule is O=C(Cc1ccccc1)NCCNCC(O)COc1ccc(O)cc1. The molecule has 0 saturated heterocycles. The summed E-state index contributed by atoms with van der Waals surface area (Å²) in [7, 11) is 0. The average Bonchev–Trinajstić information content (AvgIpc) is 2.62. The Labute approximate surface area is 147 Å². The van der Waals surface area contributed by atoms with E-state index in [1.807, 2.05) is 30.3 Å². The Kier molecular flexibility index (Phi) is 7.75. The molecular weight excluding hydrogens is 320 g/mol. The van der Waals surface area contributed by atoms with Crippen molar-refractivity contribution < 1.29 is 19.7 Å². The Balaban J connectivity index is 1.52. The molecule has 0 radical (unpaired) electrons. The second kappa shape index (κ2) is 10.3. The van der Waals surface area contributed by atoms with Gasteiger partial charge in [-0.2, -0.15) is 0 Å². The molecular formula is C19H24N2O4. The topological polar surface area (TPSA) is 90.8 Å². The molecule has 0 heterocycles. The largest absolute Gasteiger partial charge is 0.508 e.